The van der Waals surface area contributed by atoms with Crippen LogP contribution in [0.5, 0.6) is 5.75 Å². The van der Waals surface area contributed by atoms with E-state index in [0.29, 0.717) is 6.61 Å². The molecule has 0 bridgehead atoms. The van der Waals surface area contributed by atoms with Crippen LogP contribution in [-0.4, -0.2) is 41.3 Å². The molecule has 0 aliphatic carbocycles. The minimum atomic E-state index is 0.674. The van der Waals surface area contributed by atoms with Gasteiger partial charge in [-0.15, -0.1) is 10.2 Å². The molecule has 2 N–H and O–H groups in total. The van der Waals surface area contributed by atoms with E-state index in [0.717, 1.165) is 35.5 Å². The molecule has 170 valence electrons. The molecule has 0 radical (unpaired) electrons. The van der Waals surface area contributed by atoms with Crippen LogP contribution in [-0.2, 0) is 6.54 Å². The van der Waals surface area contributed by atoms with Crippen LogP contribution in [0.4, 0.5) is 10.3 Å². The lowest BCUT2D eigenvalue weighted by Gasteiger charge is -2.26. The maximum atomic E-state index is 5.97. The van der Waals surface area contributed by atoms with E-state index in [-0.39, 0.29) is 0 Å². The second kappa shape index (κ2) is 12.1. The molecule has 0 amide bonds. The minimum absolute atomic E-state index is 0.674. The monoisotopic (exact) mass is 469 g/mol. The molecule has 0 spiro atoms. The highest BCUT2D eigenvalue weighted by Crippen LogP contribution is 2.27. The summed E-state index contributed by atoms with van der Waals surface area (Å²) in [6.07, 6.45) is 4.91. The Balaban J connectivity index is 1.14. The zero-order valence-electron chi connectivity index (χ0n) is 18.5. The molecule has 2 aromatic carbocycles. The van der Waals surface area contributed by atoms with Gasteiger partial charge in [-0.1, -0.05) is 48.1 Å². The number of ether oxygens (including phenoxy) is 1. The number of benzene rings is 2. The van der Waals surface area contributed by atoms with Gasteiger partial charge in [-0.2, -0.15) is 0 Å². The molecule has 6 nitrogen and oxygen atoms in total. The van der Waals surface area contributed by atoms with Crippen LogP contribution in [0.15, 0.2) is 53.4 Å². The number of hydrogen-bond donors (Lipinski definition) is 2. The lowest BCUT2D eigenvalue weighted by atomic mass is 10.1. The highest BCUT2D eigenvalue weighted by Gasteiger charge is 2.10. The largest absolute Gasteiger partial charge is 0.494 e. The predicted octanol–water partition coefficient (Wildman–Crippen LogP) is 5.83. The van der Waals surface area contributed by atoms with Gasteiger partial charge in [0, 0.05) is 18.0 Å². The van der Waals surface area contributed by atoms with Crippen LogP contribution in [0.1, 0.15) is 36.8 Å². The van der Waals surface area contributed by atoms with Crippen LogP contribution < -0.4 is 14.8 Å². The van der Waals surface area contributed by atoms with Crippen molar-refractivity contribution in [3.8, 4) is 5.75 Å². The molecule has 1 aromatic heterocycles. The lowest BCUT2D eigenvalue weighted by molar-refractivity contribution is 0.220. The number of anilines is 2. The average molecular weight is 470 g/mol. The number of aryl methyl sites for hydroxylation is 1. The first-order chi connectivity index (χ1) is 15.8. The van der Waals surface area contributed by atoms with Gasteiger partial charge >= 0.3 is 0 Å². The second-order valence-corrected chi connectivity index (χ2v) is 9.82. The maximum absolute atomic E-state index is 5.97. The molecule has 4 rings (SSSR count). The van der Waals surface area contributed by atoms with Crippen molar-refractivity contribution in [1.29, 1.82) is 0 Å². The molecule has 0 saturated carbocycles. The first kappa shape index (κ1) is 22.9. The summed E-state index contributed by atoms with van der Waals surface area (Å²) in [6.45, 7) is 7.02. The lowest BCUT2D eigenvalue weighted by Crippen LogP contribution is -2.29. The van der Waals surface area contributed by atoms with Crippen molar-refractivity contribution >= 4 is 33.5 Å². The number of piperidine rings is 1. The Morgan fingerprint density at radius 2 is 1.88 bits per heavy atom. The van der Waals surface area contributed by atoms with Crippen molar-refractivity contribution in [1.82, 2.24) is 15.1 Å². The SMILES string of the molecule is Cc1ccccc1SNc1nnc(NCCCOc2cccc(CN3CCCCC3)c2)s1. The summed E-state index contributed by atoms with van der Waals surface area (Å²) in [7, 11) is 0. The van der Waals surface area contributed by atoms with Gasteiger partial charge in [0.2, 0.25) is 10.3 Å². The third-order valence-electron chi connectivity index (χ3n) is 5.39. The van der Waals surface area contributed by atoms with Crippen LogP contribution >= 0.6 is 23.3 Å². The van der Waals surface area contributed by atoms with E-state index >= 15 is 0 Å². The van der Waals surface area contributed by atoms with Crippen LogP contribution in [0.2, 0.25) is 0 Å². The van der Waals surface area contributed by atoms with Gasteiger partial charge < -0.3 is 14.8 Å². The number of likely N-dealkylation sites (tertiary alicyclic amines) is 1. The highest BCUT2D eigenvalue weighted by molar-refractivity contribution is 8.00. The average Bonchev–Trinajstić information content (AvgIpc) is 3.27. The number of aromatic nitrogens is 2. The molecule has 0 unspecified atom stereocenters. The van der Waals surface area contributed by atoms with Crippen LogP contribution in [0.3, 0.4) is 0 Å². The number of rotatable bonds is 11. The second-order valence-electron chi connectivity index (χ2n) is 7.99. The minimum Gasteiger partial charge on any atom is -0.494 e. The molecule has 3 aromatic rings. The number of nitrogens with zero attached hydrogens (tertiary/aromatic N) is 3. The van der Waals surface area contributed by atoms with Gasteiger partial charge in [0.25, 0.3) is 0 Å². The Labute approximate surface area is 198 Å². The summed E-state index contributed by atoms with van der Waals surface area (Å²) < 4.78 is 9.24. The standard InChI is InChI=1S/C24H31N5OS2/c1-19-9-3-4-12-22(19)32-28-24-27-26-23(31-24)25-13-8-16-30-21-11-7-10-20(17-21)18-29-14-5-2-6-15-29/h3-4,7,9-12,17H,2,5-6,8,13-16,18H2,1H3,(H,25,26)(H,27,28). The van der Waals surface area contributed by atoms with Gasteiger partial charge in [-0.05, 0) is 80.5 Å². The summed E-state index contributed by atoms with van der Waals surface area (Å²) in [6, 6.07) is 16.8. The smallest absolute Gasteiger partial charge is 0.217 e. The van der Waals surface area contributed by atoms with E-state index in [2.05, 4.69) is 62.4 Å². The van der Waals surface area contributed by atoms with Crippen molar-refractivity contribution in [2.45, 2.75) is 44.0 Å². The van der Waals surface area contributed by atoms with Crippen molar-refractivity contribution in [2.24, 2.45) is 0 Å². The van der Waals surface area contributed by atoms with E-state index < -0.39 is 0 Å². The number of nitrogens with one attached hydrogen (secondary N) is 2. The molecule has 1 saturated heterocycles. The molecular weight excluding hydrogens is 438 g/mol. The van der Waals surface area contributed by atoms with Gasteiger partial charge in [-0.3, -0.25) is 4.90 Å². The highest BCUT2D eigenvalue weighted by atomic mass is 32.2. The Kier molecular flexibility index (Phi) is 8.64. The van der Waals surface area contributed by atoms with Crippen molar-refractivity contribution < 1.29 is 4.74 Å². The van der Waals surface area contributed by atoms with Gasteiger partial charge in [-0.25, -0.2) is 0 Å². The third kappa shape index (κ3) is 7.12. The number of hydrogen-bond acceptors (Lipinski definition) is 8. The fourth-order valence-electron chi connectivity index (χ4n) is 3.67. The third-order valence-corrected chi connectivity index (χ3v) is 7.29. The molecule has 1 aliphatic heterocycles. The zero-order valence-corrected chi connectivity index (χ0v) is 20.2. The molecule has 8 heteroatoms. The van der Waals surface area contributed by atoms with E-state index in [1.165, 1.54) is 59.7 Å². The Morgan fingerprint density at radius 1 is 1.03 bits per heavy atom. The van der Waals surface area contributed by atoms with E-state index in [1.807, 2.05) is 18.2 Å². The van der Waals surface area contributed by atoms with Crippen molar-refractivity contribution in [3.05, 3.63) is 59.7 Å². The summed E-state index contributed by atoms with van der Waals surface area (Å²) in [5.41, 5.74) is 2.57. The Bertz CT molecular complexity index is 974. The summed E-state index contributed by atoms with van der Waals surface area (Å²) in [5, 5.41) is 13.4. The molecule has 0 atom stereocenters. The molecule has 1 fully saturated rings. The molecule has 32 heavy (non-hydrogen) atoms. The molecular formula is C24H31N5OS2. The van der Waals surface area contributed by atoms with Crippen molar-refractivity contribution in [2.75, 3.05) is 36.3 Å². The summed E-state index contributed by atoms with van der Waals surface area (Å²) >= 11 is 3.08. The maximum Gasteiger partial charge on any atom is 0.217 e. The van der Waals surface area contributed by atoms with E-state index in [4.69, 9.17) is 4.74 Å². The van der Waals surface area contributed by atoms with E-state index in [1.54, 1.807) is 11.9 Å². The van der Waals surface area contributed by atoms with Gasteiger partial charge in [0.15, 0.2) is 0 Å². The fraction of sp³-hybridized carbons (Fsp3) is 0.417. The molecule has 2 heterocycles. The van der Waals surface area contributed by atoms with Gasteiger partial charge in [0.05, 0.1) is 6.61 Å². The van der Waals surface area contributed by atoms with Gasteiger partial charge in [0.1, 0.15) is 5.75 Å². The fourth-order valence-corrected chi connectivity index (χ4v) is 5.10. The Hall–Kier alpha value is -2.29. The van der Waals surface area contributed by atoms with Crippen LogP contribution in [0.25, 0.3) is 0 Å². The quantitative estimate of drug-likeness (QED) is 0.270. The Morgan fingerprint density at radius 3 is 2.75 bits per heavy atom. The normalized spacial score (nSPS) is 14.3. The predicted molar refractivity (Wildman–Crippen MR) is 135 cm³/mol. The summed E-state index contributed by atoms with van der Waals surface area (Å²) in [4.78, 5) is 3.73. The zero-order chi connectivity index (χ0) is 22.0. The van der Waals surface area contributed by atoms with Crippen molar-refractivity contribution in [3.63, 3.8) is 0 Å². The van der Waals surface area contributed by atoms with Crippen LogP contribution in [0, 0.1) is 6.92 Å². The summed E-state index contributed by atoms with van der Waals surface area (Å²) in [5.74, 6) is 0.954. The topological polar surface area (TPSA) is 62.3 Å². The van der Waals surface area contributed by atoms with E-state index in [9.17, 15) is 0 Å². The first-order valence-corrected chi connectivity index (χ1v) is 12.9. The first-order valence-electron chi connectivity index (χ1n) is 11.3. The molecule has 1 aliphatic rings.